The molecular formula is C19H20N6O3S. The summed E-state index contributed by atoms with van der Waals surface area (Å²) in [5.41, 5.74) is 0.980. The van der Waals surface area contributed by atoms with E-state index in [-0.39, 0.29) is 16.5 Å². The van der Waals surface area contributed by atoms with Crippen LogP contribution in [0.2, 0.25) is 0 Å². The van der Waals surface area contributed by atoms with E-state index in [1.807, 2.05) is 0 Å². The summed E-state index contributed by atoms with van der Waals surface area (Å²) >= 11 is 0. The molecule has 3 aromatic rings. The molecule has 2 aromatic heterocycles. The van der Waals surface area contributed by atoms with Crippen molar-refractivity contribution >= 4 is 32.4 Å². The second-order valence-electron chi connectivity index (χ2n) is 6.98. The fraction of sp³-hybridized carbons (Fsp3) is 0.316. The Balaban J connectivity index is 1.75. The van der Waals surface area contributed by atoms with Crippen molar-refractivity contribution in [1.82, 2.24) is 19.5 Å². The van der Waals surface area contributed by atoms with Crippen molar-refractivity contribution in [3.05, 3.63) is 46.9 Å². The van der Waals surface area contributed by atoms with Crippen molar-refractivity contribution in [3.8, 4) is 6.07 Å². The summed E-state index contributed by atoms with van der Waals surface area (Å²) in [4.78, 5) is 15.3. The minimum atomic E-state index is -3.53. The van der Waals surface area contributed by atoms with Crippen LogP contribution in [0.5, 0.6) is 0 Å². The highest BCUT2D eigenvalue weighted by Gasteiger charge is 2.34. The molecule has 0 bridgehead atoms. The number of sulfonamides is 1. The molecule has 4 rings (SSSR count). The number of aromatic nitrogens is 3. The van der Waals surface area contributed by atoms with Crippen molar-refractivity contribution in [3.63, 3.8) is 0 Å². The Labute approximate surface area is 167 Å². The lowest BCUT2D eigenvalue weighted by Gasteiger charge is -2.14. The fourth-order valence-corrected chi connectivity index (χ4v) is 4.17. The number of fused-ring (bicyclic) bond motifs is 1. The number of rotatable bonds is 7. The Morgan fingerprint density at radius 2 is 2.03 bits per heavy atom. The Morgan fingerprint density at radius 1 is 1.31 bits per heavy atom. The largest absolute Gasteiger partial charge is 0.338 e. The van der Waals surface area contributed by atoms with E-state index in [4.69, 9.17) is 0 Å². The van der Waals surface area contributed by atoms with Crippen molar-refractivity contribution < 1.29 is 8.42 Å². The molecule has 10 heteroatoms. The molecule has 1 aromatic carbocycles. The van der Waals surface area contributed by atoms with Gasteiger partial charge in [-0.05, 0) is 56.1 Å². The van der Waals surface area contributed by atoms with E-state index in [2.05, 4.69) is 26.2 Å². The molecule has 1 saturated carbocycles. The van der Waals surface area contributed by atoms with Gasteiger partial charge in [0.1, 0.15) is 5.39 Å². The SMILES string of the molecule is CNS(=O)(=O)c1ccc(Nc2nn(C(CC#N)C3CC3)c3cc[nH]c(=O)c23)cc1. The first-order valence-corrected chi connectivity index (χ1v) is 10.7. The normalized spacial score (nSPS) is 15.2. The number of nitrogens with one attached hydrogen (secondary N) is 3. The zero-order valence-electron chi connectivity index (χ0n) is 15.7. The minimum Gasteiger partial charge on any atom is -0.338 e. The Bertz CT molecular complexity index is 1250. The van der Waals surface area contributed by atoms with Gasteiger partial charge in [0.15, 0.2) is 5.82 Å². The summed E-state index contributed by atoms with van der Waals surface area (Å²) in [6.07, 6.45) is 3.98. The van der Waals surface area contributed by atoms with E-state index >= 15 is 0 Å². The van der Waals surface area contributed by atoms with E-state index in [0.717, 1.165) is 12.8 Å². The van der Waals surface area contributed by atoms with Gasteiger partial charge in [0, 0.05) is 11.9 Å². The summed E-state index contributed by atoms with van der Waals surface area (Å²) in [6, 6.07) is 10.1. The molecule has 1 unspecified atom stereocenters. The third-order valence-electron chi connectivity index (χ3n) is 5.11. The highest BCUT2D eigenvalue weighted by Crippen LogP contribution is 2.42. The van der Waals surface area contributed by atoms with E-state index in [0.29, 0.717) is 34.7 Å². The van der Waals surface area contributed by atoms with E-state index in [1.165, 1.54) is 19.2 Å². The van der Waals surface area contributed by atoms with Crippen LogP contribution in [0.3, 0.4) is 0 Å². The average molecular weight is 412 g/mol. The van der Waals surface area contributed by atoms with E-state index < -0.39 is 10.0 Å². The topological polar surface area (TPSA) is 133 Å². The number of hydrogen-bond donors (Lipinski definition) is 3. The smallest absolute Gasteiger partial charge is 0.261 e. The zero-order chi connectivity index (χ0) is 20.6. The van der Waals surface area contributed by atoms with Crippen molar-refractivity contribution in [2.45, 2.75) is 30.2 Å². The van der Waals surface area contributed by atoms with Crippen molar-refractivity contribution in [2.75, 3.05) is 12.4 Å². The van der Waals surface area contributed by atoms with Crippen LogP contribution in [-0.4, -0.2) is 30.2 Å². The average Bonchev–Trinajstić information content (AvgIpc) is 3.49. The molecule has 3 N–H and O–H groups in total. The quantitative estimate of drug-likeness (QED) is 0.545. The first kappa shape index (κ1) is 19.2. The Hall–Kier alpha value is -3.16. The summed E-state index contributed by atoms with van der Waals surface area (Å²) in [5.74, 6) is 0.755. The van der Waals surface area contributed by atoms with Gasteiger partial charge in [-0.2, -0.15) is 10.4 Å². The van der Waals surface area contributed by atoms with Crippen LogP contribution >= 0.6 is 0 Å². The third-order valence-corrected chi connectivity index (χ3v) is 6.54. The van der Waals surface area contributed by atoms with Crippen molar-refractivity contribution in [1.29, 1.82) is 5.26 Å². The lowest BCUT2D eigenvalue weighted by molar-refractivity contribution is 0.426. The van der Waals surface area contributed by atoms with Crippen LogP contribution in [-0.2, 0) is 10.0 Å². The molecule has 0 amide bonds. The number of H-pyrrole nitrogens is 1. The molecular weight excluding hydrogens is 392 g/mol. The molecule has 1 fully saturated rings. The molecule has 150 valence electrons. The van der Waals surface area contributed by atoms with Gasteiger partial charge < -0.3 is 10.3 Å². The number of hydrogen-bond acceptors (Lipinski definition) is 6. The maximum atomic E-state index is 12.5. The number of nitriles is 1. The van der Waals surface area contributed by atoms with Crippen molar-refractivity contribution in [2.24, 2.45) is 5.92 Å². The van der Waals surface area contributed by atoms with Crippen LogP contribution in [0.1, 0.15) is 25.3 Å². The third kappa shape index (κ3) is 3.62. The molecule has 1 aliphatic rings. The lowest BCUT2D eigenvalue weighted by atomic mass is 10.1. The van der Waals surface area contributed by atoms with Gasteiger partial charge in [0.2, 0.25) is 10.0 Å². The maximum Gasteiger partial charge on any atom is 0.261 e. The molecule has 0 radical (unpaired) electrons. The predicted octanol–water partition coefficient (Wildman–Crippen LogP) is 2.24. The van der Waals surface area contributed by atoms with Gasteiger partial charge in [-0.3, -0.25) is 9.48 Å². The van der Waals surface area contributed by atoms with Crippen LogP contribution in [0.25, 0.3) is 10.9 Å². The zero-order valence-corrected chi connectivity index (χ0v) is 16.5. The van der Waals surface area contributed by atoms with E-state index in [1.54, 1.807) is 29.1 Å². The Morgan fingerprint density at radius 3 is 2.66 bits per heavy atom. The molecule has 0 spiro atoms. The summed E-state index contributed by atoms with van der Waals surface area (Å²) < 4.78 is 27.8. The fourth-order valence-electron chi connectivity index (χ4n) is 3.44. The van der Waals surface area contributed by atoms with Crippen LogP contribution in [0.15, 0.2) is 46.2 Å². The monoisotopic (exact) mass is 412 g/mol. The molecule has 2 heterocycles. The predicted molar refractivity (Wildman–Crippen MR) is 108 cm³/mol. The van der Waals surface area contributed by atoms with Crippen LogP contribution in [0.4, 0.5) is 11.5 Å². The molecule has 1 aliphatic carbocycles. The first-order chi connectivity index (χ1) is 13.9. The lowest BCUT2D eigenvalue weighted by Crippen LogP contribution is -2.18. The highest BCUT2D eigenvalue weighted by atomic mass is 32.2. The van der Waals surface area contributed by atoms with Gasteiger partial charge in [0.05, 0.1) is 28.9 Å². The number of pyridine rings is 1. The molecule has 9 nitrogen and oxygen atoms in total. The molecule has 29 heavy (non-hydrogen) atoms. The first-order valence-electron chi connectivity index (χ1n) is 9.22. The number of benzene rings is 1. The Kier molecular flexibility index (Phi) is 4.86. The highest BCUT2D eigenvalue weighted by molar-refractivity contribution is 7.89. The second kappa shape index (κ2) is 7.35. The molecule has 0 aliphatic heterocycles. The summed E-state index contributed by atoms with van der Waals surface area (Å²) in [6.45, 7) is 0. The van der Waals surface area contributed by atoms with Gasteiger partial charge in [-0.1, -0.05) is 0 Å². The van der Waals surface area contributed by atoms with E-state index in [9.17, 15) is 18.5 Å². The van der Waals surface area contributed by atoms with Gasteiger partial charge in [-0.25, -0.2) is 13.1 Å². The summed E-state index contributed by atoms with van der Waals surface area (Å²) in [7, 11) is -2.18. The van der Waals surface area contributed by atoms with Gasteiger partial charge in [-0.15, -0.1) is 0 Å². The summed E-state index contributed by atoms with van der Waals surface area (Å²) in [5, 5.41) is 17.4. The number of anilines is 2. The van der Waals surface area contributed by atoms with Gasteiger partial charge in [0.25, 0.3) is 5.56 Å². The standard InChI is InChI=1S/C19H20N6O3S/c1-21-29(27,28)14-6-4-13(5-7-14)23-18-17-16(9-11-22-19(17)26)25(24-18)15(8-10-20)12-2-3-12/h4-7,9,11-12,15,21H,2-3,8H2,1H3,(H,22,26)(H,23,24). The number of aromatic amines is 1. The number of nitrogens with zero attached hydrogens (tertiary/aromatic N) is 3. The molecule has 0 saturated heterocycles. The minimum absolute atomic E-state index is 0.0806. The van der Waals surface area contributed by atoms with Crippen LogP contribution in [0, 0.1) is 17.2 Å². The van der Waals surface area contributed by atoms with Gasteiger partial charge >= 0.3 is 0 Å². The molecule has 1 atom stereocenters. The maximum absolute atomic E-state index is 12.5. The van der Waals surface area contributed by atoms with Crippen LogP contribution < -0.4 is 15.6 Å². The second-order valence-corrected chi connectivity index (χ2v) is 8.87.